The number of ether oxygens (including phenoxy) is 2. The van der Waals surface area contributed by atoms with Crippen LogP contribution < -0.4 is 20.1 Å². The van der Waals surface area contributed by atoms with Crippen molar-refractivity contribution in [3.63, 3.8) is 0 Å². The predicted octanol–water partition coefficient (Wildman–Crippen LogP) is 4.71. The molecule has 2 rings (SSSR count). The van der Waals surface area contributed by atoms with Gasteiger partial charge in [0.2, 0.25) is 5.91 Å². The summed E-state index contributed by atoms with van der Waals surface area (Å²) in [6.45, 7) is 7.79. The fourth-order valence-electron chi connectivity index (χ4n) is 2.79. The zero-order valence-corrected chi connectivity index (χ0v) is 18.8. The zero-order chi connectivity index (χ0) is 21.8. The Morgan fingerprint density at radius 2 is 1.80 bits per heavy atom. The van der Waals surface area contributed by atoms with Gasteiger partial charge in [0.05, 0.1) is 24.1 Å². The van der Waals surface area contributed by atoms with Gasteiger partial charge in [-0.3, -0.25) is 9.59 Å². The largest absolute Gasteiger partial charge is 0.490 e. The van der Waals surface area contributed by atoms with Gasteiger partial charge in [0.25, 0.3) is 5.91 Å². The Morgan fingerprint density at radius 3 is 2.47 bits per heavy atom. The van der Waals surface area contributed by atoms with Crippen molar-refractivity contribution >= 4 is 23.2 Å². The third kappa shape index (κ3) is 7.71. The summed E-state index contributed by atoms with van der Waals surface area (Å²) in [5, 5.41) is 7.71. The van der Waals surface area contributed by atoms with Crippen LogP contribution in [-0.4, -0.2) is 31.6 Å². The molecule has 1 aromatic heterocycles. The van der Waals surface area contributed by atoms with Crippen molar-refractivity contribution in [1.82, 2.24) is 10.6 Å². The van der Waals surface area contributed by atoms with E-state index in [0.29, 0.717) is 43.2 Å². The lowest BCUT2D eigenvalue weighted by atomic mass is 10.1. The van der Waals surface area contributed by atoms with Gasteiger partial charge in [-0.1, -0.05) is 26.0 Å². The highest BCUT2D eigenvalue weighted by atomic mass is 32.1. The van der Waals surface area contributed by atoms with E-state index in [1.54, 1.807) is 6.07 Å². The number of nitrogens with one attached hydrogen (secondary N) is 2. The maximum absolute atomic E-state index is 12.3. The monoisotopic (exact) mass is 432 g/mol. The van der Waals surface area contributed by atoms with Gasteiger partial charge in [-0.25, -0.2) is 0 Å². The SMILES string of the molecule is CCCOc1ccc(C(C)NC(=O)CCCNC(=O)c2cccs2)cc1OCCC. The molecule has 164 valence electrons. The van der Waals surface area contributed by atoms with Crippen LogP contribution in [-0.2, 0) is 4.79 Å². The van der Waals surface area contributed by atoms with Crippen LogP contribution in [0.2, 0.25) is 0 Å². The van der Waals surface area contributed by atoms with E-state index in [1.165, 1.54) is 11.3 Å². The van der Waals surface area contributed by atoms with Gasteiger partial charge in [0.15, 0.2) is 11.5 Å². The van der Waals surface area contributed by atoms with Crippen molar-refractivity contribution in [2.45, 2.75) is 52.5 Å². The fraction of sp³-hybridized carbons (Fsp3) is 0.478. The first-order chi connectivity index (χ1) is 14.5. The number of carbonyl (C=O) groups is 2. The Morgan fingerprint density at radius 1 is 1.07 bits per heavy atom. The van der Waals surface area contributed by atoms with E-state index in [0.717, 1.165) is 24.2 Å². The minimum absolute atomic E-state index is 0.0461. The van der Waals surface area contributed by atoms with Crippen molar-refractivity contribution in [3.8, 4) is 11.5 Å². The van der Waals surface area contributed by atoms with Crippen LogP contribution in [0.25, 0.3) is 0 Å². The number of thiophene rings is 1. The molecule has 0 aliphatic rings. The molecule has 0 spiro atoms. The van der Waals surface area contributed by atoms with E-state index in [-0.39, 0.29) is 17.9 Å². The maximum atomic E-state index is 12.3. The summed E-state index contributed by atoms with van der Waals surface area (Å²) in [5.41, 5.74) is 0.962. The van der Waals surface area contributed by atoms with Gasteiger partial charge < -0.3 is 20.1 Å². The lowest BCUT2D eigenvalue weighted by molar-refractivity contribution is -0.121. The van der Waals surface area contributed by atoms with Crippen LogP contribution in [0.4, 0.5) is 0 Å². The summed E-state index contributed by atoms with van der Waals surface area (Å²) >= 11 is 1.40. The molecule has 0 radical (unpaired) electrons. The van der Waals surface area contributed by atoms with Gasteiger partial charge in [-0.15, -0.1) is 11.3 Å². The van der Waals surface area contributed by atoms with Crippen molar-refractivity contribution < 1.29 is 19.1 Å². The van der Waals surface area contributed by atoms with E-state index in [1.807, 2.05) is 36.6 Å². The molecule has 1 heterocycles. The molecule has 0 fully saturated rings. The van der Waals surface area contributed by atoms with Crippen LogP contribution in [0.5, 0.6) is 11.5 Å². The average Bonchev–Trinajstić information content (AvgIpc) is 3.29. The van der Waals surface area contributed by atoms with Crippen LogP contribution in [0.15, 0.2) is 35.7 Å². The third-order valence-corrected chi connectivity index (χ3v) is 5.25. The molecule has 0 saturated heterocycles. The van der Waals surface area contributed by atoms with Gasteiger partial charge >= 0.3 is 0 Å². The van der Waals surface area contributed by atoms with Gasteiger partial charge in [0, 0.05) is 13.0 Å². The predicted molar refractivity (Wildman–Crippen MR) is 120 cm³/mol. The van der Waals surface area contributed by atoms with Gasteiger partial charge in [-0.05, 0) is 55.3 Å². The number of hydrogen-bond donors (Lipinski definition) is 2. The van der Waals surface area contributed by atoms with E-state index in [2.05, 4.69) is 24.5 Å². The standard InChI is InChI=1S/C23H32N2O4S/c1-4-13-28-19-11-10-18(16-20(19)29-14-5-2)17(3)25-22(26)9-6-12-24-23(27)21-8-7-15-30-21/h7-8,10-11,15-17H,4-6,9,12-14H2,1-3H3,(H,24,27)(H,25,26). The molecule has 1 atom stereocenters. The average molecular weight is 433 g/mol. The summed E-state index contributed by atoms with van der Waals surface area (Å²) in [5.74, 6) is 1.30. The smallest absolute Gasteiger partial charge is 0.261 e. The van der Waals surface area contributed by atoms with E-state index < -0.39 is 0 Å². The lowest BCUT2D eigenvalue weighted by Gasteiger charge is -2.18. The number of benzene rings is 1. The number of carbonyl (C=O) groups excluding carboxylic acids is 2. The number of hydrogen-bond acceptors (Lipinski definition) is 5. The maximum Gasteiger partial charge on any atom is 0.261 e. The van der Waals surface area contributed by atoms with Gasteiger partial charge in [0.1, 0.15) is 0 Å². The Balaban J connectivity index is 1.82. The second-order valence-corrected chi connectivity index (χ2v) is 7.98. The molecule has 1 unspecified atom stereocenters. The highest BCUT2D eigenvalue weighted by Gasteiger charge is 2.14. The first-order valence-corrected chi connectivity index (χ1v) is 11.4. The quantitative estimate of drug-likeness (QED) is 0.449. The molecule has 0 bridgehead atoms. The molecule has 0 saturated carbocycles. The van der Waals surface area contributed by atoms with Crippen molar-refractivity contribution in [2.24, 2.45) is 0 Å². The Labute approximate surface area is 183 Å². The van der Waals surface area contributed by atoms with Crippen molar-refractivity contribution in [2.75, 3.05) is 19.8 Å². The molecule has 2 N–H and O–H groups in total. The summed E-state index contributed by atoms with van der Waals surface area (Å²) in [6, 6.07) is 9.27. The molecule has 30 heavy (non-hydrogen) atoms. The van der Waals surface area contributed by atoms with Crippen LogP contribution in [0.1, 0.15) is 67.7 Å². The highest BCUT2D eigenvalue weighted by Crippen LogP contribution is 2.31. The summed E-state index contributed by atoms with van der Waals surface area (Å²) in [7, 11) is 0. The summed E-state index contributed by atoms with van der Waals surface area (Å²) < 4.78 is 11.6. The molecule has 0 aliphatic carbocycles. The summed E-state index contributed by atoms with van der Waals surface area (Å²) in [6.07, 6.45) is 2.78. The second-order valence-electron chi connectivity index (χ2n) is 7.03. The Bertz CT molecular complexity index is 793. The minimum Gasteiger partial charge on any atom is -0.490 e. The van der Waals surface area contributed by atoms with Crippen molar-refractivity contribution in [1.29, 1.82) is 0 Å². The van der Waals surface area contributed by atoms with Crippen LogP contribution in [0, 0.1) is 0 Å². The highest BCUT2D eigenvalue weighted by molar-refractivity contribution is 7.12. The van der Waals surface area contributed by atoms with E-state index >= 15 is 0 Å². The van der Waals surface area contributed by atoms with Crippen LogP contribution in [0.3, 0.4) is 0 Å². The molecule has 1 aromatic carbocycles. The van der Waals surface area contributed by atoms with Gasteiger partial charge in [-0.2, -0.15) is 0 Å². The molecule has 0 aliphatic heterocycles. The first-order valence-electron chi connectivity index (χ1n) is 10.6. The topological polar surface area (TPSA) is 76.7 Å². The first kappa shape index (κ1) is 23.7. The van der Waals surface area contributed by atoms with E-state index in [4.69, 9.17) is 9.47 Å². The Hall–Kier alpha value is -2.54. The van der Waals surface area contributed by atoms with Crippen molar-refractivity contribution in [3.05, 3.63) is 46.2 Å². The molecular formula is C23H32N2O4S. The zero-order valence-electron chi connectivity index (χ0n) is 18.0. The molecule has 7 heteroatoms. The molecule has 2 aromatic rings. The normalized spacial score (nSPS) is 11.6. The molecule has 2 amide bonds. The fourth-order valence-corrected chi connectivity index (χ4v) is 3.43. The lowest BCUT2D eigenvalue weighted by Crippen LogP contribution is -2.28. The van der Waals surface area contributed by atoms with E-state index in [9.17, 15) is 9.59 Å². The number of rotatable bonds is 13. The number of amides is 2. The van der Waals surface area contributed by atoms with Crippen LogP contribution >= 0.6 is 11.3 Å². The minimum atomic E-state index is -0.151. The second kappa shape index (κ2) is 12.9. The Kier molecular flexibility index (Phi) is 10.2. The molecular weight excluding hydrogens is 400 g/mol. The third-order valence-electron chi connectivity index (χ3n) is 4.38. The summed E-state index contributed by atoms with van der Waals surface area (Å²) in [4.78, 5) is 24.9. The molecule has 6 nitrogen and oxygen atoms in total.